The summed E-state index contributed by atoms with van der Waals surface area (Å²) < 4.78 is 31.9. The Morgan fingerprint density at radius 1 is 1.15 bits per heavy atom. The van der Waals surface area contributed by atoms with Crippen LogP contribution in [0.1, 0.15) is 39.7 Å². The van der Waals surface area contributed by atoms with E-state index in [1.165, 1.54) is 0 Å². The van der Waals surface area contributed by atoms with E-state index in [1.54, 1.807) is 45.0 Å². The molecule has 0 amide bonds. The van der Waals surface area contributed by atoms with E-state index < -0.39 is 17.9 Å². The predicted octanol–water partition coefficient (Wildman–Crippen LogP) is 4.22. The standard InChI is InChI=1S/C16H24F2O2/c1-5-14(15(17)18)16(19,11(3)4)12-7-9-13(10-8-12)20-6-2/h7-11,14-15,19H,5-6H2,1-4H3. The molecule has 0 radical (unpaired) electrons. The molecule has 2 atom stereocenters. The molecule has 0 saturated heterocycles. The highest BCUT2D eigenvalue weighted by Crippen LogP contribution is 2.42. The summed E-state index contributed by atoms with van der Waals surface area (Å²) in [4.78, 5) is 0. The summed E-state index contributed by atoms with van der Waals surface area (Å²) in [6.07, 6.45) is -2.33. The van der Waals surface area contributed by atoms with Gasteiger partial charge in [0.2, 0.25) is 6.43 Å². The van der Waals surface area contributed by atoms with Crippen LogP contribution in [-0.2, 0) is 5.60 Å². The van der Waals surface area contributed by atoms with Crippen molar-refractivity contribution in [3.05, 3.63) is 29.8 Å². The minimum absolute atomic E-state index is 0.222. The highest BCUT2D eigenvalue weighted by Gasteiger charge is 2.45. The maximum Gasteiger partial charge on any atom is 0.244 e. The zero-order valence-corrected chi connectivity index (χ0v) is 12.6. The molecule has 1 aromatic rings. The van der Waals surface area contributed by atoms with E-state index in [4.69, 9.17) is 4.74 Å². The summed E-state index contributed by atoms with van der Waals surface area (Å²) in [5.41, 5.74) is -1.02. The molecular formula is C16H24F2O2. The zero-order valence-electron chi connectivity index (χ0n) is 12.6. The number of aliphatic hydroxyl groups is 1. The summed E-state index contributed by atoms with van der Waals surface area (Å²) in [6, 6.07) is 6.78. The van der Waals surface area contributed by atoms with E-state index in [0.29, 0.717) is 17.9 Å². The van der Waals surface area contributed by atoms with Crippen molar-refractivity contribution in [2.24, 2.45) is 11.8 Å². The third-order valence-corrected chi connectivity index (χ3v) is 3.82. The van der Waals surface area contributed by atoms with Gasteiger partial charge in [0.25, 0.3) is 0 Å². The average Bonchev–Trinajstić information content (AvgIpc) is 2.39. The first-order chi connectivity index (χ1) is 9.37. The fraction of sp³-hybridized carbons (Fsp3) is 0.625. The van der Waals surface area contributed by atoms with Gasteiger partial charge in [0.1, 0.15) is 11.4 Å². The van der Waals surface area contributed by atoms with Gasteiger partial charge in [-0.05, 0) is 37.0 Å². The first kappa shape index (κ1) is 16.9. The Bertz CT molecular complexity index is 403. The minimum Gasteiger partial charge on any atom is -0.494 e. The number of benzene rings is 1. The molecule has 0 saturated carbocycles. The van der Waals surface area contributed by atoms with E-state index in [9.17, 15) is 13.9 Å². The summed E-state index contributed by atoms with van der Waals surface area (Å²) in [5.74, 6) is -0.715. The maximum atomic E-state index is 13.3. The van der Waals surface area contributed by atoms with E-state index in [2.05, 4.69) is 0 Å². The Balaban J connectivity index is 3.18. The summed E-state index contributed by atoms with van der Waals surface area (Å²) in [7, 11) is 0. The van der Waals surface area contributed by atoms with Crippen LogP contribution in [0.15, 0.2) is 24.3 Å². The fourth-order valence-electron chi connectivity index (χ4n) is 2.64. The van der Waals surface area contributed by atoms with Crippen LogP contribution >= 0.6 is 0 Å². The van der Waals surface area contributed by atoms with Crippen LogP contribution in [0.2, 0.25) is 0 Å². The number of rotatable bonds is 7. The normalized spacial score (nSPS) is 16.2. The van der Waals surface area contributed by atoms with Crippen LogP contribution in [0.25, 0.3) is 0 Å². The molecule has 1 rings (SSSR count). The summed E-state index contributed by atoms with van der Waals surface area (Å²) in [5, 5.41) is 10.9. The molecule has 0 heterocycles. The van der Waals surface area contributed by atoms with Crippen LogP contribution in [0.4, 0.5) is 8.78 Å². The van der Waals surface area contributed by atoms with Crippen LogP contribution in [0, 0.1) is 11.8 Å². The van der Waals surface area contributed by atoms with Crippen molar-refractivity contribution in [2.45, 2.75) is 46.1 Å². The van der Waals surface area contributed by atoms with Crippen molar-refractivity contribution in [1.29, 1.82) is 0 Å². The van der Waals surface area contributed by atoms with Gasteiger partial charge >= 0.3 is 0 Å². The summed E-state index contributed by atoms with van der Waals surface area (Å²) >= 11 is 0. The molecule has 1 N–H and O–H groups in total. The highest BCUT2D eigenvalue weighted by atomic mass is 19.3. The van der Waals surface area contributed by atoms with Crippen molar-refractivity contribution in [2.75, 3.05) is 6.61 Å². The molecule has 1 aromatic carbocycles. The van der Waals surface area contributed by atoms with Gasteiger partial charge in [0.15, 0.2) is 0 Å². The lowest BCUT2D eigenvalue weighted by atomic mass is 9.72. The van der Waals surface area contributed by atoms with Gasteiger partial charge in [-0.15, -0.1) is 0 Å². The van der Waals surface area contributed by atoms with Gasteiger partial charge in [0, 0.05) is 0 Å². The Hall–Kier alpha value is -1.16. The Kier molecular flexibility index (Phi) is 5.93. The first-order valence-corrected chi connectivity index (χ1v) is 7.11. The Morgan fingerprint density at radius 3 is 2.05 bits per heavy atom. The molecule has 0 fully saturated rings. The minimum atomic E-state index is -2.56. The highest BCUT2D eigenvalue weighted by molar-refractivity contribution is 5.32. The SMILES string of the molecule is CCOc1ccc(C(O)(C(C)C)C(CC)C(F)F)cc1. The lowest BCUT2D eigenvalue weighted by Crippen LogP contribution is -2.43. The van der Waals surface area contributed by atoms with Gasteiger partial charge in [-0.2, -0.15) is 0 Å². The molecule has 2 unspecified atom stereocenters. The first-order valence-electron chi connectivity index (χ1n) is 7.11. The van der Waals surface area contributed by atoms with Crippen molar-refractivity contribution < 1.29 is 18.6 Å². The van der Waals surface area contributed by atoms with Crippen LogP contribution in [-0.4, -0.2) is 18.1 Å². The lowest BCUT2D eigenvalue weighted by molar-refractivity contribution is -0.121. The van der Waals surface area contributed by atoms with Gasteiger partial charge in [-0.3, -0.25) is 0 Å². The van der Waals surface area contributed by atoms with Crippen LogP contribution < -0.4 is 4.74 Å². The number of hydrogen-bond donors (Lipinski definition) is 1. The number of halogens is 2. The summed E-state index contributed by atoms with van der Waals surface area (Å²) in [6.45, 7) is 7.63. The van der Waals surface area contributed by atoms with Crippen molar-refractivity contribution >= 4 is 0 Å². The largest absolute Gasteiger partial charge is 0.494 e. The molecule has 0 aromatic heterocycles. The molecule has 114 valence electrons. The number of ether oxygens (including phenoxy) is 1. The van der Waals surface area contributed by atoms with Crippen molar-refractivity contribution in [3.63, 3.8) is 0 Å². The van der Waals surface area contributed by atoms with Gasteiger partial charge in [-0.1, -0.05) is 32.9 Å². The second kappa shape index (κ2) is 7.02. The second-order valence-electron chi connectivity index (χ2n) is 5.29. The molecule has 20 heavy (non-hydrogen) atoms. The molecule has 2 nitrogen and oxygen atoms in total. The lowest BCUT2D eigenvalue weighted by Gasteiger charge is -2.39. The average molecular weight is 286 g/mol. The topological polar surface area (TPSA) is 29.5 Å². The molecule has 0 aliphatic carbocycles. The van der Waals surface area contributed by atoms with E-state index >= 15 is 0 Å². The molecule has 0 aliphatic heterocycles. The van der Waals surface area contributed by atoms with Gasteiger partial charge < -0.3 is 9.84 Å². The zero-order chi connectivity index (χ0) is 15.3. The van der Waals surface area contributed by atoms with Crippen LogP contribution in [0.5, 0.6) is 5.75 Å². The van der Waals surface area contributed by atoms with Crippen molar-refractivity contribution in [1.82, 2.24) is 0 Å². The maximum absolute atomic E-state index is 13.3. The van der Waals surface area contributed by atoms with E-state index in [0.717, 1.165) is 0 Å². The van der Waals surface area contributed by atoms with E-state index in [-0.39, 0.29) is 12.3 Å². The Morgan fingerprint density at radius 2 is 1.70 bits per heavy atom. The fourth-order valence-corrected chi connectivity index (χ4v) is 2.64. The molecule has 0 spiro atoms. The molecule has 0 bridgehead atoms. The quantitative estimate of drug-likeness (QED) is 0.813. The third-order valence-electron chi connectivity index (χ3n) is 3.82. The van der Waals surface area contributed by atoms with Crippen LogP contribution in [0.3, 0.4) is 0 Å². The number of alkyl halides is 2. The second-order valence-corrected chi connectivity index (χ2v) is 5.29. The monoisotopic (exact) mass is 286 g/mol. The Labute approximate surface area is 119 Å². The van der Waals surface area contributed by atoms with Gasteiger partial charge in [0.05, 0.1) is 12.5 Å². The molecular weight excluding hydrogens is 262 g/mol. The molecule has 4 heteroatoms. The van der Waals surface area contributed by atoms with Gasteiger partial charge in [-0.25, -0.2) is 8.78 Å². The predicted molar refractivity (Wildman–Crippen MR) is 76.1 cm³/mol. The molecule has 0 aliphatic rings. The smallest absolute Gasteiger partial charge is 0.244 e. The third kappa shape index (κ3) is 3.29. The number of hydrogen-bond acceptors (Lipinski definition) is 2. The van der Waals surface area contributed by atoms with E-state index in [1.807, 2.05) is 6.92 Å². The van der Waals surface area contributed by atoms with Crippen molar-refractivity contribution in [3.8, 4) is 5.75 Å².